The van der Waals surface area contributed by atoms with Crippen LogP contribution in [0.5, 0.6) is 5.75 Å². The lowest BCUT2D eigenvalue weighted by Crippen LogP contribution is -2.45. The van der Waals surface area contributed by atoms with Crippen molar-refractivity contribution in [3.05, 3.63) is 65.2 Å². The molecule has 2 aromatic rings. The van der Waals surface area contributed by atoms with Gasteiger partial charge in [0, 0.05) is 25.7 Å². The van der Waals surface area contributed by atoms with Crippen molar-refractivity contribution in [1.29, 1.82) is 0 Å². The van der Waals surface area contributed by atoms with E-state index in [9.17, 15) is 4.79 Å². The van der Waals surface area contributed by atoms with E-state index in [1.807, 2.05) is 36.4 Å². The molecule has 144 valence electrons. The molecule has 1 N–H and O–H groups in total. The lowest BCUT2D eigenvalue weighted by molar-refractivity contribution is 0.0600. The van der Waals surface area contributed by atoms with Gasteiger partial charge < -0.3 is 14.8 Å². The Labute approximate surface area is 161 Å². The Hall–Kier alpha value is -2.37. The van der Waals surface area contributed by atoms with Crippen molar-refractivity contribution in [2.45, 2.75) is 32.0 Å². The first-order chi connectivity index (χ1) is 13.2. The van der Waals surface area contributed by atoms with E-state index in [0.29, 0.717) is 11.6 Å². The Morgan fingerprint density at radius 1 is 1.15 bits per heavy atom. The molecule has 0 spiro atoms. The summed E-state index contributed by atoms with van der Waals surface area (Å²) >= 11 is 0. The van der Waals surface area contributed by atoms with Crippen LogP contribution >= 0.6 is 0 Å². The van der Waals surface area contributed by atoms with Crippen LogP contribution in [-0.2, 0) is 17.8 Å². The van der Waals surface area contributed by atoms with E-state index in [1.165, 1.54) is 31.1 Å². The topological polar surface area (TPSA) is 50.8 Å². The van der Waals surface area contributed by atoms with Gasteiger partial charge in [0.05, 0.1) is 19.8 Å². The average Bonchev–Trinajstić information content (AvgIpc) is 2.72. The highest BCUT2D eigenvalue weighted by molar-refractivity contribution is 5.89. The molecule has 5 heteroatoms. The van der Waals surface area contributed by atoms with Gasteiger partial charge in [0.15, 0.2) is 0 Å². The van der Waals surface area contributed by atoms with E-state index in [0.717, 1.165) is 31.9 Å². The number of hydrogen-bond donors (Lipinski definition) is 1. The van der Waals surface area contributed by atoms with Gasteiger partial charge in [-0.15, -0.1) is 0 Å². The van der Waals surface area contributed by atoms with Crippen molar-refractivity contribution < 1.29 is 14.3 Å². The maximum absolute atomic E-state index is 11.5. The number of likely N-dealkylation sites (tertiary alicyclic amines) is 1. The maximum atomic E-state index is 11.5. The molecule has 0 aliphatic carbocycles. The van der Waals surface area contributed by atoms with Crippen LogP contribution in [0.4, 0.5) is 0 Å². The first-order valence-electron chi connectivity index (χ1n) is 9.44. The first kappa shape index (κ1) is 19.4. The molecule has 0 unspecified atom stereocenters. The fraction of sp³-hybridized carbons (Fsp3) is 0.409. The minimum absolute atomic E-state index is 0.296. The highest BCUT2D eigenvalue weighted by Gasteiger charge is 2.19. The third-order valence-corrected chi connectivity index (χ3v) is 5.02. The van der Waals surface area contributed by atoms with Crippen molar-refractivity contribution in [2.24, 2.45) is 0 Å². The average molecular weight is 368 g/mol. The molecular formula is C22H28N2O3. The SMILES string of the molecule is COC(=O)c1ccc(CN[C@@H]2CCCN(Cc3cccc(OC)c3)C2)cc1. The van der Waals surface area contributed by atoms with Crippen LogP contribution < -0.4 is 10.1 Å². The largest absolute Gasteiger partial charge is 0.497 e. The molecule has 5 nitrogen and oxygen atoms in total. The molecule has 1 atom stereocenters. The minimum atomic E-state index is -0.296. The predicted octanol–water partition coefficient (Wildman–Crippen LogP) is 3.24. The lowest BCUT2D eigenvalue weighted by Gasteiger charge is -2.33. The number of methoxy groups -OCH3 is 2. The van der Waals surface area contributed by atoms with Crippen LogP contribution in [0.15, 0.2) is 48.5 Å². The number of carbonyl (C=O) groups excluding carboxylic acids is 1. The zero-order chi connectivity index (χ0) is 19.1. The minimum Gasteiger partial charge on any atom is -0.497 e. The van der Waals surface area contributed by atoms with E-state index >= 15 is 0 Å². The van der Waals surface area contributed by atoms with Crippen LogP contribution in [-0.4, -0.2) is 44.2 Å². The Kier molecular flexibility index (Phi) is 6.85. The van der Waals surface area contributed by atoms with E-state index in [-0.39, 0.29) is 5.97 Å². The molecule has 1 aliphatic rings. The van der Waals surface area contributed by atoms with Crippen LogP contribution in [0.25, 0.3) is 0 Å². The summed E-state index contributed by atoms with van der Waals surface area (Å²) in [7, 11) is 3.11. The second kappa shape index (κ2) is 9.53. The summed E-state index contributed by atoms with van der Waals surface area (Å²) < 4.78 is 10.1. The number of benzene rings is 2. The van der Waals surface area contributed by atoms with Crippen molar-refractivity contribution in [2.75, 3.05) is 27.3 Å². The van der Waals surface area contributed by atoms with E-state index in [2.05, 4.69) is 22.3 Å². The fourth-order valence-corrected chi connectivity index (χ4v) is 3.53. The highest BCUT2D eigenvalue weighted by Crippen LogP contribution is 2.18. The summed E-state index contributed by atoms with van der Waals surface area (Å²) in [6, 6.07) is 16.4. The fourth-order valence-electron chi connectivity index (χ4n) is 3.53. The lowest BCUT2D eigenvalue weighted by atomic mass is 10.0. The second-order valence-corrected chi connectivity index (χ2v) is 7.00. The molecule has 1 aliphatic heterocycles. The van der Waals surface area contributed by atoms with Crippen molar-refractivity contribution in [3.63, 3.8) is 0 Å². The molecule has 3 rings (SSSR count). The van der Waals surface area contributed by atoms with E-state index in [4.69, 9.17) is 9.47 Å². The van der Waals surface area contributed by atoms with Crippen LogP contribution in [0.3, 0.4) is 0 Å². The Bertz CT molecular complexity index is 745. The van der Waals surface area contributed by atoms with Gasteiger partial charge in [0.25, 0.3) is 0 Å². The van der Waals surface area contributed by atoms with Crippen molar-refractivity contribution in [3.8, 4) is 5.75 Å². The number of piperidine rings is 1. The maximum Gasteiger partial charge on any atom is 0.337 e. The smallest absolute Gasteiger partial charge is 0.337 e. The monoisotopic (exact) mass is 368 g/mol. The molecule has 0 amide bonds. The number of carbonyl (C=O) groups is 1. The zero-order valence-corrected chi connectivity index (χ0v) is 16.1. The Balaban J connectivity index is 1.50. The quantitative estimate of drug-likeness (QED) is 0.761. The number of rotatable bonds is 7. The van der Waals surface area contributed by atoms with E-state index < -0.39 is 0 Å². The Morgan fingerprint density at radius 2 is 1.96 bits per heavy atom. The van der Waals surface area contributed by atoms with Gasteiger partial charge in [-0.2, -0.15) is 0 Å². The van der Waals surface area contributed by atoms with Crippen LogP contribution in [0.2, 0.25) is 0 Å². The molecule has 0 radical (unpaired) electrons. The number of ether oxygens (including phenoxy) is 2. The molecule has 0 saturated carbocycles. The molecular weight excluding hydrogens is 340 g/mol. The van der Waals surface area contributed by atoms with Crippen molar-refractivity contribution in [1.82, 2.24) is 10.2 Å². The summed E-state index contributed by atoms with van der Waals surface area (Å²) in [5.41, 5.74) is 3.05. The molecule has 1 fully saturated rings. The van der Waals surface area contributed by atoms with Gasteiger partial charge in [-0.25, -0.2) is 4.79 Å². The summed E-state index contributed by atoms with van der Waals surface area (Å²) in [6.45, 7) is 3.92. The van der Waals surface area contributed by atoms with E-state index in [1.54, 1.807) is 7.11 Å². The predicted molar refractivity (Wildman–Crippen MR) is 106 cm³/mol. The molecule has 0 bridgehead atoms. The van der Waals surface area contributed by atoms with Gasteiger partial charge in [-0.3, -0.25) is 4.90 Å². The second-order valence-electron chi connectivity index (χ2n) is 7.00. The molecule has 27 heavy (non-hydrogen) atoms. The molecule has 2 aromatic carbocycles. The zero-order valence-electron chi connectivity index (χ0n) is 16.1. The summed E-state index contributed by atoms with van der Waals surface area (Å²) in [4.78, 5) is 14.0. The van der Waals surface area contributed by atoms with Gasteiger partial charge in [0.2, 0.25) is 0 Å². The first-order valence-corrected chi connectivity index (χ1v) is 9.44. The standard InChI is InChI=1S/C22H28N2O3/c1-26-21-7-3-5-18(13-21)15-24-12-4-6-20(16-24)23-14-17-8-10-19(11-9-17)22(25)27-2/h3,5,7-11,13,20,23H,4,6,12,14-16H2,1-2H3/t20-/m1/s1. The number of esters is 1. The van der Waals surface area contributed by atoms with Gasteiger partial charge in [-0.1, -0.05) is 24.3 Å². The van der Waals surface area contributed by atoms with Gasteiger partial charge in [0.1, 0.15) is 5.75 Å². The van der Waals surface area contributed by atoms with Gasteiger partial charge in [-0.05, 0) is 54.8 Å². The van der Waals surface area contributed by atoms with Crippen molar-refractivity contribution >= 4 is 5.97 Å². The summed E-state index contributed by atoms with van der Waals surface area (Å²) in [5.74, 6) is 0.615. The third kappa shape index (κ3) is 5.55. The van der Waals surface area contributed by atoms with Crippen LogP contribution in [0.1, 0.15) is 34.3 Å². The third-order valence-electron chi connectivity index (χ3n) is 5.02. The molecule has 0 aromatic heterocycles. The van der Waals surface area contributed by atoms with Gasteiger partial charge >= 0.3 is 5.97 Å². The normalized spacial score (nSPS) is 17.5. The number of nitrogens with zero attached hydrogens (tertiary/aromatic N) is 1. The number of hydrogen-bond acceptors (Lipinski definition) is 5. The summed E-state index contributed by atoms with van der Waals surface area (Å²) in [5, 5.41) is 3.66. The summed E-state index contributed by atoms with van der Waals surface area (Å²) in [6.07, 6.45) is 2.39. The highest BCUT2D eigenvalue weighted by atomic mass is 16.5. The molecule has 1 heterocycles. The number of nitrogens with one attached hydrogen (secondary N) is 1. The Morgan fingerprint density at radius 3 is 2.70 bits per heavy atom. The van der Waals surface area contributed by atoms with Crippen LogP contribution in [0, 0.1) is 0 Å². The molecule has 1 saturated heterocycles.